The van der Waals surface area contributed by atoms with E-state index >= 15 is 0 Å². The highest BCUT2D eigenvalue weighted by molar-refractivity contribution is 7.99. The molecule has 7 heteroatoms. The molecular weight excluding hydrogens is 412 g/mol. The maximum Gasteiger partial charge on any atom is 0.234 e. The Kier molecular flexibility index (Phi) is 6.30. The van der Waals surface area contributed by atoms with E-state index in [0.29, 0.717) is 0 Å². The van der Waals surface area contributed by atoms with Crippen molar-refractivity contribution in [3.05, 3.63) is 70.9 Å². The number of hydrogen-bond acceptors (Lipinski definition) is 5. The molecule has 1 N–H and O–H groups in total. The Hall–Kier alpha value is -2.90. The molecule has 2 aromatic heterocycles. The molecule has 0 unspecified atom stereocenters. The molecule has 2 heterocycles. The monoisotopic (exact) mass is 434 g/mol. The third-order valence-electron chi connectivity index (χ3n) is 4.70. The molecule has 0 saturated heterocycles. The van der Waals surface area contributed by atoms with Gasteiger partial charge in [-0.1, -0.05) is 60.3 Å². The Morgan fingerprint density at radius 2 is 1.77 bits per heavy atom. The molecule has 5 nitrogen and oxygen atoms in total. The van der Waals surface area contributed by atoms with E-state index in [2.05, 4.69) is 51.4 Å². The third kappa shape index (κ3) is 4.32. The number of aromatic nitrogens is 3. The molecule has 0 fully saturated rings. The number of para-hydroxylation sites is 1. The average molecular weight is 435 g/mol. The summed E-state index contributed by atoms with van der Waals surface area (Å²) in [6, 6.07) is 19.8. The SMILES string of the molecule is CCn1c(SCC(=O)Nc2ccccc2)nnc1-c1csc(C)c1-c1ccccc1. The minimum atomic E-state index is -0.0604. The maximum absolute atomic E-state index is 12.3. The van der Waals surface area contributed by atoms with Crippen LogP contribution in [0, 0.1) is 6.92 Å². The molecule has 0 saturated carbocycles. The number of amides is 1. The van der Waals surface area contributed by atoms with Crippen molar-refractivity contribution in [2.45, 2.75) is 25.5 Å². The number of carbonyl (C=O) groups excluding carboxylic acids is 1. The summed E-state index contributed by atoms with van der Waals surface area (Å²) < 4.78 is 2.08. The molecule has 4 rings (SSSR count). The molecule has 2 aromatic carbocycles. The van der Waals surface area contributed by atoms with Crippen LogP contribution in [0.2, 0.25) is 0 Å². The molecule has 0 atom stereocenters. The van der Waals surface area contributed by atoms with Crippen molar-refractivity contribution in [1.29, 1.82) is 0 Å². The quantitative estimate of drug-likeness (QED) is 0.377. The minimum Gasteiger partial charge on any atom is -0.325 e. The van der Waals surface area contributed by atoms with Gasteiger partial charge in [-0.05, 0) is 31.5 Å². The zero-order valence-corrected chi connectivity index (χ0v) is 18.5. The zero-order chi connectivity index (χ0) is 20.9. The fourth-order valence-electron chi connectivity index (χ4n) is 3.31. The summed E-state index contributed by atoms with van der Waals surface area (Å²) in [6.07, 6.45) is 0. The number of rotatable bonds is 7. The number of benzene rings is 2. The van der Waals surface area contributed by atoms with E-state index in [0.717, 1.165) is 28.8 Å². The molecule has 0 aliphatic rings. The van der Waals surface area contributed by atoms with Crippen molar-refractivity contribution in [1.82, 2.24) is 14.8 Å². The summed E-state index contributed by atoms with van der Waals surface area (Å²) in [5.41, 5.74) is 4.25. The van der Waals surface area contributed by atoms with Crippen LogP contribution in [-0.4, -0.2) is 26.4 Å². The minimum absolute atomic E-state index is 0.0604. The Labute approximate surface area is 184 Å². The Morgan fingerprint density at radius 3 is 2.47 bits per heavy atom. The molecule has 30 heavy (non-hydrogen) atoms. The van der Waals surface area contributed by atoms with Gasteiger partial charge in [0.1, 0.15) is 0 Å². The lowest BCUT2D eigenvalue weighted by Gasteiger charge is -2.09. The number of hydrogen-bond donors (Lipinski definition) is 1. The van der Waals surface area contributed by atoms with Crippen molar-refractivity contribution >= 4 is 34.7 Å². The Bertz CT molecular complexity index is 1140. The predicted molar refractivity (Wildman–Crippen MR) is 125 cm³/mol. The van der Waals surface area contributed by atoms with E-state index in [1.165, 1.54) is 27.8 Å². The Balaban J connectivity index is 1.56. The van der Waals surface area contributed by atoms with Crippen LogP contribution in [0.5, 0.6) is 0 Å². The van der Waals surface area contributed by atoms with Gasteiger partial charge in [-0.25, -0.2) is 0 Å². The summed E-state index contributed by atoms with van der Waals surface area (Å²) >= 11 is 3.12. The number of nitrogens with one attached hydrogen (secondary N) is 1. The zero-order valence-electron chi connectivity index (χ0n) is 16.8. The fraction of sp³-hybridized carbons (Fsp3) is 0.174. The summed E-state index contributed by atoms with van der Waals surface area (Å²) in [4.78, 5) is 13.6. The second-order valence-electron chi connectivity index (χ2n) is 6.70. The van der Waals surface area contributed by atoms with Crippen LogP contribution >= 0.6 is 23.1 Å². The van der Waals surface area contributed by atoms with Crippen LogP contribution in [0.3, 0.4) is 0 Å². The molecule has 0 spiro atoms. The first-order valence-electron chi connectivity index (χ1n) is 9.72. The lowest BCUT2D eigenvalue weighted by molar-refractivity contribution is -0.113. The highest BCUT2D eigenvalue weighted by atomic mass is 32.2. The average Bonchev–Trinajstić information content (AvgIpc) is 3.36. The van der Waals surface area contributed by atoms with Crippen molar-refractivity contribution in [2.75, 3.05) is 11.1 Å². The van der Waals surface area contributed by atoms with Crippen molar-refractivity contribution in [2.24, 2.45) is 0 Å². The van der Waals surface area contributed by atoms with E-state index in [9.17, 15) is 4.79 Å². The molecule has 0 aliphatic carbocycles. The van der Waals surface area contributed by atoms with Crippen LogP contribution in [0.15, 0.2) is 71.2 Å². The van der Waals surface area contributed by atoms with Gasteiger partial charge >= 0.3 is 0 Å². The summed E-state index contributed by atoms with van der Waals surface area (Å²) in [6.45, 7) is 4.93. The normalized spacial score (nSPS) is 10.9. The van der Waals surface area contributed by atoms with E-state index in [-0.39, 0.29) is 11.7 Å². The van der Waals surface area contributed by atoms with Crippen molar-refractivity contribution < 1.29 is 4.79 Å². The number of nitrogens with zero attached hydrogens (tertiary/aromatic N) is 3. The van der Waals surface area contributed by atoms with Crippen LogP contribution in [-0.2, 0) is 11.3 Å². The summed E-state index contributed by atoms with van der Waals surface area (Å²) in [5, 5.41) is 14.7. The van der Waals surface area contributed by atoms with Gasteiger partial charge < -0.3 is 9.88 Å². The summed E-state index contributed by atoms with van der Waals surface area (Å²) in [7, 11) is 0. The smallest absolute Gasteiger partial charge is 0.234 e. The lowest BCUT2D eigenvalue weighted by atomic mass is 10.0. The molecule has 4 aromatic rings. The standard InChI is InChI=1S/C23H22N4OS2/c1-3-27-22(19-14-29-16(2)21(19)17-10-6-4-7-11-17)25-26-23(27)30-15-20(28)24-18-12-8-5-9-13-18/h4-14H,3,15H2,1-2H3,(H,24,28). The third-order valence-corrected chi connectivity index (χ3v) is 6.58. The van der Waals surface area contributed by atoms with Crippen molar-refractivity contribution in [3.63, 3.8) is 0 Å². The highest BCUT2D eigenvalue weighted by Gasteiger charge is 2.20. The van der Waals surface area contributed by atoms with E-state index in [4.69, 9.17) is 0 Å². The first-order chi connectivity index (χ1) is 14.7. The number of thiophene rings is 1. The van der Waals surface area contributed by atoms with Crippen LogP contribution in [0.25, 0.3) is 22.5 Å². The van der Waals surface area contributed by atoms with Gasteiger partial charge in [0.2, 0.25) is 5.91 Å². The molecule has 1 amide bonds. The highest BCUT2D eigenvalue weighted by Crippen LogP contribution is 2.39. The van der Waals surface area contributed by atoms with Gasteiger partial charge in [0.25, 0.3) is 0 Å². The molecule has 0 radical (unpaired) electrons. The van der Waals surface area contributed by atoms with Crippen LogP contribution in [0.1, 0.15) is 11.8 Å². The second-order valence-corrected chi connectivity index (χ2v) is 8.73. The van der Waals surface area contributed by atoms with Crippen LogP contribution in [0.4, 0.5) is 5.69 Å². The summed E-state index contributed by atoms with van der Waals surface area (Å²) in [5.74, 6) is 1.06. The van der Waals surface area contributed by atoms with Gasteiger partial charge in [0.15, 0.2) is 11.0 Å². The molecular formula is C23H22N4OS2. The van der Waals surface area contributed by atoms with E-state index in [1.54, 1.807) is 11.3 Å². The molecule has 0 aliphatic heterocycles. The van der Waals surface area contributed by atoms with Gasteiger partial charge in [-0.3, -0.25) is 4.79 Å². The van der Waals surface area contributed by atoms with Crippen LogP contribution < -0.4 is 5.32 Å². The largest absolute Gasteiger partial charge is 0.325 e. The number of anilines is 1. The van der Waals surface area contributed by atoms with Gasteiger partial charge in [0, 0.05) is 33.6 Å². The fourth-order valence-corrected chi connectivity index (χ4v) is 4.98. The van der Waals surface area contributed by atoms with E-state index in [1.807, 2.05) is 48.5 Å². The second kappa shape index (κ2) is 9.28. The van der Waals surface area contributed by atoms with Gasteiger partial charge in [-0.15, -0.1) is 21.5 Å². The topological polar surface area (TPSA) is 59.8 Å². The van der Waals surface area contributed by atoms with Crippen molar-refractivity contribution in [3.8, 4) is 22.5 Å². The van der Waals surface area contributed by atoms with E-state index < -0.39 is 0 Å². The first kappa shape index (κ1) is 20.4. The number of thioether (sulfide) groups is 1. The molecule has 152 valence electrons. The van der Waals surface area contributed by atoms with Gasteiger partial charge in [-0.2, -0.15) is 0 Å². The Morgan fingerprint density at radius 1 is 1.07 bits per heavy atom. The number of carbonyl (C=O) groups is 1. The maximum atomic E-state index is 12.3. The molecule has 0 bridgehead atoms. The number of aryl methyl sites for hydroxylation is 1. The van der Waals surface area contributed by atoms with Gasteiger partial charge in [0.05, 0.1) is 5.75 Å². The lowest BCUT2D eigenvalue weighted by Crippen LogP contribution is -2.14. The predicted octanol–water partition coefficient (Wildman–Crippen LogP) is 5.73. The first-order valence-corrected chi connectivity index (χ1v) is 11.6.